The number of alkyl halides is 3. The molecule has 138 valence electrons. The van der Waals surface area contributed by atoms with Crippen LogP contribution in [0.25, 0.3) is 33.9 Å². The number of benzene rings is 1. The molecule has 1 aromatic carbocycles. The molecule has 0 unspecified atom stereocenters. The van der Waals surface area contributed by atoms with Crippen molar-refractivity contribution < 1.29 is 13.2 Å². The molecule has 0 amide bonds. The first-order chi connectivity index (χ1) is 13.5. The summed E-state index contributed by atoms with van der Waals surface area (Å²) >= 11 is 0. The molecular formula is C20H12F3N5. The maximum atomic E-state index is 12.9. The van der Waals surface area contributed by atoms with Gasteiger partial charge in [0.05, 0.1) is 23.1 Å². The van der Waals surface area contributed by atoms with Crippen molar-refractivity contribution in [1.29, 1.82) is 0 Å². The first-order valence-electron chi connectivity index (χ1n) is 8.24. The van der Waals surface area contributed by atoms with E-state index in [0.29, 0.717) is 33.9 Å². The molecule has 3 aromatic heterocycles. The monoisotopic (exact) mass is 379 g/mol. The van der Waals surface area contributed by atoms with Crippen LogP contribution in [-0.2, 0) is 6.18 Å². The van der Waals surface area contributed by atoms with Crippen LogP contribution in [0, 0.1) is 0 Å². The third-order valence-corrected chi connectivity index (χ3v) is 4.03. The van der Waals surface area contributed by atoms with Crippen LogP contribution in [0.2, 0.25) is 0 Å². The number of nitrogens with zero attached hydrogens (tertiary/aromatic N) is 5. The van der Waals surface area contributed by atoms with Gasteiger partial charge in [-0.1, -0.05) is 12.1 Å². The van der Waals surface area contributed by atoms with Gasteiger partial charge in [0.2, 0.25) is 0 Å². The van der Waals surface area contributed by atoms with Crippen LogP contribution < -0.4 is 0 Å². The SMILES string of the molecule is FC(F)(F)c1ccc(-c2nc(-c3cccnc3)ncc2-c2cnccn2)cc1. The molecule has 0 aliphatic heterocycles. The fourth-order valence-corrected chi connectivity index (χ4v) is 2.68. The molecule has 4 aromatic rings. The predicted molar refractivity (Wildman–Crippen MR) is 96.7 cm³/mol. The number of pyridine rings is 1. The lowest BCUT2D eigenvalue weighted by atomic mass is 10.0. The molecule has 8 heteroatoms. The van der Waals surface area contributed by atoms with Crippen molar-refractivity contribution in [1.82, 2.24) is 24.9 Å². The Morgan fingerprint density at radius 1 is 0.714 bits per heavy atom. The Morgan fingerprint density at radius 2 is 1.50 bits per heavy atom. The van der Waals surface area contributed by atoms with Gasteiger partial charge in [-0.05, 0) is 24.3 Å². The Bertz CT molecular complexity index is 1080. The standard InChI is InChI=1S/C20H12F3N5/c21-20(22,23)15-5-3-13(4-6-15)18-16(17-12-25-8-9-26-17)11-27-19(28-18)14-2-1-7-24-10-14/h1-12H. The molecule has 0 saturated heterocycles. The minimum absolute atomic E-state index is 0.413. The molecule has 3 heterocycles. The molecule has 5 nitrogen and oxygen atoms in total. The van der Waals surface area contributed by atoms with E-state index in [-0.39, 0.29) is 0 Å². The third kappa shape index (κ3) is 3.57. The van der Waals surface area contributed by atoms with Crippen molar-refractivity contribution in [2.45, 2.75) is 6.18 Å². The van der Waals surface area contributed by atoms with Gasteiger partial charge >= 0.3 is 6.18 Å². The summed E-state index contributed by atoms with van der Waals surface area (Å²) < 4.78 is 38.7. The van der Waals surface area contributed by atoms with E-state index in [1.165, 1.54) is 24.5 Å². The molecule has 0 atom stereocenters. The molecule has 0 aliphatic rings. The summed E-state index contributed by atoms with van der Waals surface area (Å²) in [5, 5.41) is 0. The van der Waals surface area contributed by atoms with Gasteiger partial charge in [0.1, 0.15) is 0 Å². The van der Waals surface area contributed by atoms with Crippen LogP contribution >= 0.6 is 0 Å². The van der Waals surface area contributed by atoms with E-state index >= 15 is 0 Å². The second-order valence-electron chi connectivity index (χ2n) is 5.86. The number of hydrogen-bond acceptors (Lipinski definition) is 5. The van der Waals surface area contributed by atoms with Crippen LogP contribution in [0.1, 0.15) is 5.56 Å². The van der Waals surface area contributed by atoms with Crippen molar-refractivity contribution in [3.63, 3.8) is 0 Å². The van der Waals surface area contributed by atoms with Crippen LogP contribution in [0.5, 0.6) is 0 Å². The fraction of sp³-hybridized carbons (Fsp3) is 0.0500. The Labute approximate surface area is 158 Å². The molecule has 0 saturated carbocycles. The van der Waals surface area contributed by atoms with Crippen molar-refractivity contribution >= 4 is 0 Å². The maximum absolute atomic E-state index is 12.9. The highest BCUT2D eigenvalue weighted by molar-refractivity contribution is 5.79. The highest BCUT2D eigenvalue weighted by Gasteiger charge is 2.30. The van der Waals surface area contributed by atoms with Crippen molar-refractivity contribution in [2.75, 3.05) is 0 Å². The van der Waals surface area contributed by atoms with E-state index in [2.05, 4.69) is 24.9 Å². The quantitative estimate of drug-likeness (QED) is 0.517. The van der Waals surface area contributed by atoms with Crippen LogP contribution in [0.3, 0.4) is 0 Å². The van der Waals surface area contributed by atoms with Gasteiger partial charge in [0.15, 0.2) is 5.82 Å². The fourth-order valence-electron chi connectivity index (χ4n) is 2.68. The van der Waals surface area contributed by atoms with Gasteiger partial charge in [-0.3, -0.25) is 15.0 Å². The highest BCUT2D eigenvalue weighted by Crippen LogP contribution is 2.34. The van der Waals surface area contributed by atoms with E-state index in [0.717, 1.165) is 12.1 Å². The van der Waals surface area contributed by atoms with Crippen molar-refractivity contribution in [3.8, 4) is 33.9 Å². The first-order valence-corrected chi connectivity index (χ1v) is 8.24. The zero-order chi connectivity index (χ0) is 19.6. The Balaban J connectivity index is 1.87. The zero-order valence-electron chi connectivity index (χ0n) is 14.3. The lowest BCUT2D eigenvalue weighted by Crippen LogP contribution is -2.04. The first kappa shape index (κ1) is 17.7. The Hall–Kier alpha value is -3.68. The summed E-state index contributed by atoms with van der Waals surface area (Å²) in [6.45, 7) is 0. The number of rotatable bonds is 3. The molecule has 0 radical (unpaired) electrons. The second-order valence-corrected chi connectivity index (χ2v) is 5.86. The summed E-state index contributed by atoms with van der Waals surface area (Å²) in [6, 6.07) is 8.40. The van der Waals surface area contributed by atoms with Gasteiger partial charge in [0, 0.05) is 47.7 Å². The summed E-state index contributed by atoms with van der Waals surface area (Å²) in [7, 11) is 0. The van der Waals surface area contributed by atoms with Crippen molar-refractivity contribution in [3.05, 3.63) is 79.1 Å². The van der Waals surface area contributed by atoms with Gasteiger partial charge in [-0.25, -0.2) is 9.97 Å². The van der Waals surface area contributed by atoms with Crippen molar-refractivity contribution in [2.24, 2.45) is 0 Å². The van der Waals surface area contributed by atoms with Gasteiger partial charge in [-0.15, -0.1) is 0 Å². The normalized spacial score (nSPS) is 11.4. The van der Waals surface area contributed by atoms with E-state index < -0.39 is 11.7 Å². The average Bonchev–Trinajstić information content (AvgIpc) is 2.74. The summed E-state index contributed by atoms with van der Waals surface area (Å²) in [4.78, 5) is 21.3. The number of halogens is 3. The molecule has 4 rings (SSSR count). The van der Waals surface area contributed by atoms with Crippen LogP contribution in [-0.4, -0.2) is 24.9 Å². The maximum Gasteiger partial charge on any atom is 0.416 e. The van der Waals surface area contributed by atoms with E-state index in [4.69, 9.17) is 0 Å². The second kappa shape index (κ2) is 7.15. The molecule has 0 bridgehead atoms. The lowest BCUT2D eigenvalue weighted by molar-refractivity contribution is -0.137. The Kier molecular flexibility index (Phi) is 4.52. The topological polar surface area (TPSA) is 64.5 Å². The molecule has 0 N–H and O–H groups in total. The largest absolute Gasteiger partial charge is 0.416 e. The van der Waals surface area contributed by atoms with Crippen LogP contribution in [0.4, 0.5) is 13.2 Å². The summed E-state index contributed by atoms with van der Waals surface area (Å²) in [5.74, 6) is 0.413. The van der Waals surface area contributed by atoms with Crippen LogP contribution in [0.15, 0.2) is 73.6 Å². The molecular weight excluding hydrogens is 367 g/mol. The van der Waals surface area contributed by atoms with Gasteiger partial charge < -0.3 is 0 Å². The number of hydrogen-bond donors (Lipinski definition) is 0. The highest BCUT2D eigenvalue weighted by atomic mass is 19.4. The number of aromatic nitrogens is 5. The molecule has 0 spiro atoms. The lowest BCUT2D eigenvalue weighted by Gasteiger charge is -2.11. The van der Waals surface area contributed by atoms with E-state index in [1.807, 2.05) is 0 Å². The molecule has 28 heavy (non-hydrogen) atoms. The smallest absolute Gasteiger partial charge is 0.264 e. The van der Waals surface area contributed by atoms with Gasteiger partial charge in [0.25, 0.3) is 0 Å². The molecule has 0 aliphatic carbocycles. The third-order valence-electron chi connectivity index (χ3n) is 4.03. The van der Waals surface area contributed by atoms with Gasteiger partial charge in [-0.2, -0.15) is 13.2 Å². The Morgan fingerprint density at radius 3 is 2.14 bits per heavy atom. The predicted octanol–water partition coefficient (Wildman–Crippen LogP) is 4.68. The molecule has 0 fully saturated rings. The summed E-state index contributed by atoms with van der Waals surface area (Å²) in [5.41, 5.74) is 2.04. The average molecular weight is 379 g/mol. The van der Waals surface area contributed by atoms with E-state index in [1.54, 1.807) is 36.9 Å². The van der Waals surface area contributed by atoms with E-state index in [9.17, 15) is 13.2 Å². The minimum Gasteiger partial charge on any atom is -0.264 e. The zero-order valence-corrected chi connectivity index (χ0v) is 14.3. The summed E-state index contributed by atoms with van der Waals surface area (Å²) in [6.07, 6.45) is 5.05. The minimum atomic E-state index is -4.40.